The Morgan fingerprint density at radius 3 is 2.43 bits per heavy atom. The molecule has 3 fully saturated rings. The minimum absolute atomic E-state index is 0.219. The van der Waals surface area contributed by atoms with E-state index in [2.05, 4.69) is 54.5 Å². The predicted octanol–water partition coefficient (Wildman–Crippen LogP) is 3.58. The van der Waals surface area contributed by atoms with E-state index < -0.39 is 11.6 Å². The zero-order chi connectivity index (χ0) is 26.4. The largest absolute Gasteiger partial charge is 0.378 e. The smallest absolute Gasteiger partial charge is 0.318 e. The molecule has 8 heteroatoms. The molecule has 2 atom stereocenters. The second-order valence-electron chi connectivity index (χ2n) is 11.4. The summed E-state index contributed by atoms with van der Waals surface area (Å²) in [7, 11) is 0. The van der Waals surface area contributed by atoms with E-state index >= 15 is 0 Å². The van der Waals surface area contributed by atoms with Crippen LogP contribution in [-0.2, 0) is 16.1 Å². The molecule has 0 bridgehead atoms. The number of benzene rings is 1. The molecule has 1 aromatic rings. The highest BCUT2D eigenvalue weighted by molar-refractivity contribution is 5.88. The van der Waals surface area contributed by atoms with Gasteiger partial charge in [0.25, 0.3) is 0 Å². The molecule has 3 aliphatic rings. The number of carbonyl (C=O) groups is 2. The average molecular weight is 510 g/mol. The lowest BCUT2D eigenvalue weighted by Gasteiger charge is -2.32. The summed E-state index contributed by atoms with van der Waals surface area (Å²) in [6, 6.07) is 5.96. The highest BCUT2D eigenvalue weighted by atomic mass is 16.5. The third kappa shape index (κ3) is 7.03. The van der Waals surface area contributed by atoms with Crippen molar-refractivity contribution in [1.82, 2.24) is 20.4 Å². The van der Waals surface area contributed by atoms with E-state index in [1.807, 2.05) is 0 Å². The summed E-state index contributed by atoms with van der Waals surface area (Å²) in [4.78, 5) is 30.6. The van der Waals surface area contributed by atoms with E-state index in [0.29, 0.717) is 51.6 Å². The average Bonchev–Trinajstić information content (AvgIpc) is 3.29. The quantitative estimate of drug-likeness (QED) is 0.586. The van der Waals surface area contributed by atoms with Crippen LogP contribution in [-0.4, -0.2) is 72.7 Å². The Hall–Kier alpha value is -2.63. The van der Waals surface area contributed by atoms with Crippen LogP contribution in [0.2, 0.25) is 0 Å². The first-order valence-electron chi connectivity index (χ1n) is 13.9. The molecule has 0 aromatic heterocycles. The second kappa shape index (κ2) is 12.3. The van der Waals surface area contributed by atoms with Crippen molar-refractivity contribution in [2.24, 2.45) is 5.92 Å². The first-order chi connectivity index (χ1) is 17.8. The van der Waals surface area contributed by atoms with Crippen molar-refractivity contribution in [1.29, 1.82) is 5.26 Å². The van der Waals surface area contributed by atoms with Crippen molar-refractivity contribution < 1.29 is 14.3 Å². The van der Waals surface area contributed by atoms with Gasteiger partial charge in [0.05, 0.1) is 19.3 Å². The Morgan fingerprint density at radius 2 is 1.78 bits per heavy atom. The highest BCUT2D eigenvalue weighted by Gasteiger charge is 2.42. The Kier molecular flexibility index (Phi) is 9.09. The summed E-state index contributed by atoms with van der Waals surface area (Å²) in [5.74, 6) is 0.179. The predicted molar refractivity (Wildman–Crippen MR) is 143 cm³/mol. The molecular formula is C29H43N5O3. The fourth-order valence-corrected chi connectivity index (χ4v) is 6.25. The van der Waals surface area contributed by atoms with Crippen LogP contribution in [0, 0.1) is 38.0 Å². The SMILES string of the molecule is Cc1cc(C)c(CN2CCC(C#N)(NC(=O)C(CC3CCCCC3)NC(=O)N3CCOCC3)C2)c(C)c1. The molecule has 1 aliphatic carbocycles. The van der Waals surface area contributed by atoms with Crippen LogP contribution < -0.4 is 10.6 Å². The van der Waals surface area contributed by atoms with Crippen LogP contribution in [0.15, 0.2) is 12.1 Å². The van der Waals surface area contributed by atoms with Gasteiger partial charge in [-0.15, -0.1) is 0 Å². The van der Waals surface area contributed by atoms with Gasteiger partial charge in [0.15, 0.2) is 0 Å². The van der Waals surface area contributed by atoms with Gasteiger partial charge >= 0.3 is 6.03 Å². The van der Waals surface area contributed by atoms with Gasteiger partial charge in [0, 0.05) is 32.7 Å². The minimum atomic E-state index is -0.946. The van der Waals surface area contributed by atoms with E-state index in [1.54, 1.807) is 4.90 Å². The van der Waals surface area contributed by atoms with E-state index in [9.17, 15) is 14.9 Å². The molecule has 0 radical (unpaired) electrons. The maximum absolute atomic E-state index is 13.6. The molecule has 2 aliphatic heterocycles. The van der Waals surface area contributed by atoms with Gasteiger partial charge in [0.2, 0.25) is 5.91 Å². The number of nitriles is 1. The maximum Gasteiger partial charge on any atom is 0.318 e. The zero-order valence-corrected chi connectivity index (χ0v) is 22.8. The number of hydrogen-bond acceptors (Lipinski definition) is 5. The van der Waals surface area contributed by atoms with E-state index in [-0.39, 0.29) is 11.9 Å². The summed E-state index contributed by atoms with van der Waals surface area (Å²) >= 11 is 0. The lowest BCUT2D eigenvalue weighted by atomic mass is 9.84. The Balaban J connectivity index is 1.43. The standard InChI is InChI=1S/C29H43N5O3/c1-21-15-22(2)25(23(3)16-21)18-33-10-9-29(19-30,20-33)32-27(35)26(17-24-7-5-4-6-8-24)31-28(36)34-11-13-37-14-12-34/h15-16,24,26H,4-14,17-18,20H2,1-3H3,(H,31,36)(H,32,35). The third-order valence-electron chi connectivity index (χ3n) is 8.35. The van der Waals surface area contributed by atoms with Gasteiger partial charge in [-0.25, -0.2) is 4.79 Å². The first kappa shape index (κ1) is 27.4. The molecule has 2 unspecified atom stereocenters. The zero-order valence-electron chi connectivity index (χ0n) is 22.8. The van der Waals surface area contributed by atoms with Gasteiger partial charge in [-0.05, 0) is 56.2 Å². The van der Waals surface area contributed by atoms with Gasteiger partial charge in [-0.1, -0.05) is 49.8 Å². The molecule has 2 N–H and O–H groups in total. The van der Waals surface area contributed by atoms with E-state index in [0.717, 1.165) is 25.9 Å². The first-order valence-corrected chi connectivity index (χ1v) is 13.9. The minimum Gasteiger partial charge on any atom is -0.378 e. The van der Waals surface area contributed by atoms with E-state index in [4.69, 9.17) is 4.74 Å². The number of rotatable bonds is 7. The Bertz CT molecular complexity index is 986. The number of morpholine rings is 1. The molecule has 2 saturated heterocycles. The molecule has 37 heavy (non-hydrogen) atoms. The molecule has 8 nitrogen and oxygen atoms in total. The monoisotopic (exact) mass is 509 g/mol. The summed E-state index contributed by atoms with van der Waals surface area (Å²) in [6.07, 6.45) is 6.95. The Morgan fingerprint density at radius 1 is 1.11 bits per heavy atom. The molecular weight excluding hydrogens is 466 g/mol. The van der Waals surface area contributed by atoms with Gasteiger partial charge in [-0.3, -0.25) is 9.69 Å². The van der Waals surface area contributed by atoms with Crippen LogP contribution in [0.4, 0.5) is 4.79 Å². The molecule has 0 spiro atoms. The van der Waals surface area contributed by atoms with E-state index in [1.165, 1.54) is 41.5 Å². The Labute approximate surface area is 221 Å². The summed E-state index contributed by atoms with van der Waals surface area (Å²) in [6.45, 7) is 10.4. The number of nitrogens with one attached hydrogen (secondary N) is 2. The number of hydrogen-bond donors (Lipinski definition) is 2. The topological polar surface area (TPSA) is 97.7 Å². The number of aryl methyl sites for hydroxylation is 3. The summed E-state index contributed by atoms with van der Waals surface area (Å²) in [5, 5.41) is 16.3. The number of ether oxygens (including phenoxy) is 1. The number of nitrogens with zero attached hydrogens (tertiary/aromatic N) is 3. The van der Waals surface area contributed by atoms with Crippen molar-refractivity contribution in [2.45, 2.75) is 83.8 Å². The van der Waals surface area contributed by atoms with Crippen LogP contribution in [0.1, 0.15) is 67.2 Å². The van der Waals surface area contributed by atoms with Crippen molar-refractivity contribution >= 4 is 11.9 Å². The van der Waals surface area contributed by atoms with Gasteiger partial charge in [-0.2, -0.15) is 5.26 Å². The number of amides is 3. The maximum atomic E-state index is 13.6. The van der Waals surface area contributed by atoms with Crippen LogP contribution >= 0.6 is 0 Å². The lowest BCUT2D eigenvalue weighted by molar-refractivity contribution is -0.124. The fourth-order valence-electron chi connectivity index (χ4n) is 6.25. The van der Waals surface area contributed by atoms with Crippen LogP contribution in [0.5, 0.6) is 0 Å². The lowest BCUT2D eigenvalue weighted by Crippen LogP contribution is -2.58. The molecule has 1 saturated carbocycles. The highest BCUT2D eigenvalue weighted by Crippen LogP contribution is 2.29. The molecule has 2 heterocycles. The second-order valence-corrected chi connectivity index (χ2v) is 11.4. The van der Waals surface area contributed by atoms with Crippen molar-refractivity contribution in [3.63, 3.8) is 0 Å². The summed E-state index contributed by atoms with van der Waals surface area (Å²) in [5.41, 5.74) is 4.11. The number of urea groups is 1. The normalized spacial score (nSPS) is 23.9. The number of likely N-dealkylation sites (tertiary alicyclic amines) is 1. The third-order valence-corrected chi connectivity index (χ3v) is 8.35. The molecule has 3 amide bonds. The number of carbonyl (C=O) groups excluding carboxylic acids is 2. The van der Waals surface area contributed by atoms with Crippen LogP contribution in [0.25, 0.3) is 0 Å². The molecule has 202 valence electrons. The molecule has 1 aromatic carbocycles. The fraction of sp³-hybridized carbons (Fsp3) is 0.690. The van der Waals surface area contributed by atoms with Crippen molar-refractivity contribution in [2.75, 3.05) is 39.4 Å². The van der Waals surface area contributed by atoms with Crippen molar-refractivity contribution in [3.05, 3.63) is 34.4 Å². The van der Waals surface area contributed by atoms with Gasteiger partial charge in [0.1, 0.15) is 11.6 Å². The van der Waals surface area contributed by atoms with Crippen molar-refractivity contribution in [3.8, 4) is 6.07 Å². The van der Waals surface area contributed by atoms with Crippen LogP contribution in [0.3, 0.4) is 0 Å². The van der Waals surface area contributed by atoms with Gasteiger partial charge < -0.3 is 20.3 Å². The molecule has 4 rings (SSSR count). The summed E-state index contributed by atoms with van der Waals surface area (Å²) < 4.78 is 5.37.